The number of piperidine rings is 1. The van der Waals surface area contributed by atoms with E-state index >= 15 is 0 Å². The van der Waals surface area contributed by atoms with Gasteiger partial charge < -0.3 is 19.6 Å². The number of nitrogens with zero attached hydrogens (tertiary/aromatic N) is 2. The van der Waals surface area contributed by atoms with E-state index in [-0.39, 0.29) is 23.8 Å². The van der Waals surface area contributed by atoms with Crippen molar-refractivity contribution in [3.05, 3.63) is 29.3 Å². The van der Waals surface area contributed by atoms with Crippen LogP contribution in [0.15, 0.2) is 18.2 Å². The van der Waals surface area contributed by atoms with E-state index in [0.717, 1.165) is 12.8 Å². The number of phenols is 1. The number of carbonyl (C=O) groups excluding carboxylic acids is 2. The Kier molecular flexibility index (Phi) is 5.12. The highest BCUT2D eigenvalue weighted by molar-refractivity contribution is 5.97. The van der Waals surface area contributed by atoms with Crippen molar-refractivity contribution in [3.8, 4) is 5.75 Å². The number of hydrogen-bond donors (Lipinski definition) is 1. The molecule has 1 atom stereocenters. The van der Waals surface area contributed by atoms with Crippen LogP contribution in [0.25, 0.3) is 0 Å². The summed E-state index contributed by atoms with van der Waals surface area (Å²) in [4.78, 5) is 28.6. The second-order valence-corrected chi connectivity index (χ2v) is 7.58. The number of benzene rings is 1. The molecule has 2 amide bonds. The van der Waals surface area contributed by atoms with Crippen LogP contribution in [0.1, 0.15) is 55.5 Å². The van der Waals surface area contributed by atoms with E-state index in [1.165, 1.54) is 0 Å². The Morgan fingerprint density at radius 2 is 2.04 bits per heavy atom. The number of phenolic OH excluding ortho intramolecular Hbond substituents is 1. The molecule has 142 valence electrons. The summed E-state index contributed by atoms with van der Waals surface area (Å²) in [6.45, 7) is 7.60. The Balaban J connectivity index is 1.65. The minimum atomic E-state index is -0.482. The van der Waals surface area contributed by atoms with Crippen molar-refractivity contribution in [2.75, 3.05) is 19.6 Å². The van der Waals surface area contributed by atoms with Gasteiger partial charge in [-0.1, -0.05) is 25.5 Å². The molecule has 0 aliphatic carbocycles. The number of para-hydroxylation sites is 1. The summed E-state index contributed by atoms with van der Waals surface area (Å²) in [5.74, 6) is -0.119. The van der Waals surface area contributed by atoms with E-state index in [9.17, 15) is 14.7 Å². The highest BCUT2D eigenvalue weighted by Gasteiger charge is 2.48. The van der Waals surface area contributed by atoms with Crippen LogP contribution >= 0.6 is 0 Å². The fourth-order valence-electron chi connectivity index (χ4n) is 3.94. The molecule has 2 aliphatic rings. The molecule has 2 fully saturated rings. The molecule has 0 saturated carbocycles. The second-order valence-electron chi connectivity index (χ2n) is 7.58. The Hall–Kier alpha value is -2.24. The van der Waals surface area contributed by atoms with Crippen molar-refractivity contribution in [1.82, 2.24) is 9.80 Å². The molecule has 0 unspecified atom stereocenters. The molecule has 1 aromatic carbocycles. The molecule has 1 aromatic rings. The Morgan fingerprint density at radius 1 is 1.35 bits per heavy atom. The van der Waals surface area contributed by atoms with Crippen molar-refractivity contribution in [2.45, 2.75) is 58.1 Å². The van der Waals surface area contributed by atoms with E-state index in [4.69, 9.17) is 4.74 Å². The molecule has 6 nitrogen and oxygen atoms in total. The van der Waals surface area contributed by atoms with Gasteiger partial charge in [0.1, 0.15) is 11.4 Å². The van der Waals surface area contributed by atoms with E-state index in [1.807, 2.05) is 4.90 Å². The van der Waals surface area contributed by atoms with Gasteiger partial charge in [0, 0.05) is 32.0 Å². The molecular weight excluding hydrogens is 332 g/mol. The van der Waals surface area contributed by atoms with Crippen LogP contribution in [0.2, 0.25) is 0 Å². The third kappa shape index (κ3) is 3.37. The summed E-state index contributed by atoms with van der Waals surface area (Å²) >= 11 is 0. The number of carbonyl (C=O) groups is 2. The van der Waals surface area contributed by atoms with Gasteiger partial charge in [-0.05, 0) is 31.9 Å². The molecule has 3 rings (SSSR count). The normalized spacial score (nSPS) is 20.3. The summed E-state index contributed by atoms with van der Waals surface area (Å²) in [7, 11) is 0. The first-order valence-electron chi connectivity index (χ1n) is 9.44. The zero-order valence-electron chi connectivity index (χ0n) is 15.8. The third-order valence-electron chi connectivity index (χ3n) is 5.67. The summed E-state index contributed by atoms with van der Waals surface area (Å²) in [6, 6.07) is 5.38. The highest BCUT2D eigenvalue weighted by atomic mass is 16.6. The Morgan fingerprint density at radius 3 is 2.69 bits per heavy atom. The quantitative estimate of drug-likeness (QED) is 0.894. The van der Waals surface area contributed by atoms with Crippen LogP contribution in [-0.4, -0.2) is 58.2 Å². The van der Waals surface area contributed by atoms with Gasteiger partial charge in [-0.15, -0.1) is 0 Å². The van der Waals surface area contributed by atoms with Crippen LogP contribution < -0.4 is 0 Å². The lowest BCUT2D eigenvalue weighted by Crippen LogP contribution is -2.49. The second kappa shape index (κ2) is 7.17. The zero-order chi connectivity index (χ0) is 18.9. The Bertz CT molecular complexity index is 695. The highest BCUT2D eigenvalue weighted by Crippen LogP contribution is 2.35. The fraction of sp³-hybridized carbons (Fsp3) is 0.600. The summed E-state index contributed by atoms with van der Waals surface area (Å²) in [5, 5.41) is 10.2. The molecule has 2 heterocycles. The van der Waals surface area contributed by atoms with Crippen molar-refractivity contribution in [1.29, 1.82) is 0 Å². The molecule has 0 bridgehead atoms. The van der Waals surface area contributed by atoms with Gasteiger partial charge in [0.2, 0.25) is 0 Å². The molecular formula is C20H28N2O4. The molecule has 0 aromatic heterocycles. The minimum Gasteiger partial charge on any atom is -0.507 e. The van der Waals surface area contributed by atoms with Crippen molar-refractivity contribution >= 4 is 12.0 Å². The lowest BCUT2D eigenvalue weighted by molar-refractivity contribution is 0.00300. The number of rotatable bonds is 4. The molecule has 6 heteroatoms. The van der Waals surface area contributed by atoms with Gasteiger partial charge in [0.15, 0.2) is 0 Å². The monoisotopic (exact) mass is 360 g/mol. The summed E-state index contributed by atoms with van der Waals surface area (Å²) < 4.78 is 5.75. The van der Waals surface area contributed by atoms with Gasteiger partial charge in [-0.2, -0.15) is 0 Å². The van der Waals surface area contributed by atoms with E-state index in [0.29, 0.717) is 43.6 Å². The predicted molar refractivity (Wildman–Crippen MR) is 98.3 cm³/mol. The maximum absolute atomic E-state index is 12.7. The number of hydrogen-bond acceptors (Lipinski definition) is 4. The average Bonchev–Trinajstić information content (AvgIpc) is 2.94. The first-order chi connectivity index (χ1) is 12.4. The smallest absolute Gasteiger partial charge is 0.410 e. The van der Waals surface area contributed by atoms with Gasteiger partial charge in [-0.25, -0.2) is 4.79 Å². The summed E-state index contributed by atoms with van der Waals surface area (Å²) in [6.07, 6.45) is 3.02. The van der Waals surface area contributed by atoms with Crippen molar-refractivity contribution in [2.24, 2.45) is 0 Å². The van der Waals surface area contributed by atoms with Crippen LogP contribution in [0.5, 0.6) is 5.75 Å². The number of likely N-dealkylation sites (tertiary alicyclic amines) is 1. The van der Waals surface area contributed by atoms with Crippen molar-refractivity contribution < 1.29 is 19.4 Å². The molecule has 2 aliphatic heterocycles. The molecule has 1 N–H and O–H groups in total. The maximum Gasteiger partial charge on any atom is 0.410 e. The first kappa shape index (κ1) is 18.5. The van der Waals surface area contributed by atoms with Crippen molar-refractivity contribution in [3.63, 3.8) is 0 Å². The van der Waals surface area contributed by atoms with Gasteiger partial charge in [0.05, 0.1) is 12.1 Å². The molecule has 1 spiro atoms. The number of aromatic hydroxyl groups is 1. The summed E-state index contributed by atoms with van der Waals surface area (Å²) in [5.41, 5.74) is 0.544. The first-order valence-corrected chi connectivity index (χ1v) is 9.44. The van der Waals surface area contributed by atoms with E-state index in [1.54, 1.807) is 30.0 Å². The molecule has 2 saturated heterocycles. The SMILES string of the molecule is CCC[C@H](C)N1CC2(CCN(C(=O)c3cccc(C)c3O)CC2)OC1=O. The number of ether oxygens (including phenoxy) is 1. The lowest BCUT2D eigenvalue weighted by Gasteiger charge is -2.37. The van der Waals surface area contributed by atoms with Gasteiger partial charge in [-0.3, -0.25) is 4.79 Å². The average molecular weight is 360 g/mol. The third-order valence-corrected chi connectivity index (χ3v) is 5.67. The Labute approximate surface area is 154 Å². The van der Waals surface area contributed by atoms with Gasteiger partial charge in [0.25, 0.3) is 5.91 Å². The number of aryl methyl sites for hydroxylation is 1. The number of amides is 2. The maximum atomic E-state index is 12.7. The molecule has 26 heavy (non-hydrogen) atoms. The van der Waals surface area contributed by atoms with E-state index in [2.05, 4.69) is 13.8 Å². The van der Waals surface area contributed by atoms with E-state index < -0.39 is 5.60 Å². The van der Waals surface area contributed by atoms with Crippen LogP contribution in [0.3, 0.4) is 0 Å². The molecule has 0 radical (unpaired) electrons. The standard InChI is InChI=1S/C20H28N2O4/c1-4-6-15(3)22-13-20(26-19(22)25)9-11-21(12-10-20)18(24)16-8-5-7-14(2)17(16)23/h5,7-8,15,23H,4,6,9-13H2,1-3H3/t15-/m0/s1. The van der Waals surface area contributed by atoms with Crippen LogP contribution in [0, 0.1) is 6.92 Å². The predicted octanol–water partition coefficient (Wildman–Crippen LogP) is 3.32. The minimum absolute atomic E-state index is 0.0460. The van der Waals surface area contributed by atoms with Crippen LogP contribution in [-0.2, 0) is 4.74 Å². The largest absolute Gasteiger partial charge is 0.507 e. The zero-order valence-corrected chi connectivity index (χ0v) is 15.8. The topological polar surface area (TPSA) is 70.1 Å². The fourth-order valence-corrected chi connectivity index (χ4v) is 3.94. The van der Waals surface area contributed by atoms with Gasteiger partial charge >= 0.3 is 6.09 Å². The van der Waals surface area contributed by atoms with Crippen LogP contribution in [0.4, 0.5) is 4.79 Å². The lowest BCUT2D eigenvalue weighted by atomic mass is 9.90.